The third-order valence-electron chi connectivity index (χ3n) is 2.50. The predicted molar refractivity (Wildman–Crippen MR) is 71.0 cm³/mol. The molecule has 1 rings (SSSR count). The van der Waals surface area contributed by atoms with E-state index >= 15 is 0 Å². The van der Waals surface area contributed by atoms with E-state index in [2.05, 4.69) is 19.6 Å². The summed E-state index contributed by atoms with van der Waals surface area (Å²) in [6, 6.07) is 3.82. The van der Waals surface area contributed by atoms with Crippen molar-refractivity contribution in [2.24, 2.45) is 0 Å². The van der Waals surface area contributed by atoms with Crippen LogP contribution >= 0.6 is 12.6 Å². The molecule has 0 aliphatic carbocycles. The zero-order chi connectivity index (χ0) is 12.1. The molecule has 16 heavy (non-hydrogen) atoms. The number of allylic oxidation sites excluding steroid dienone is 1. The molecular formula is C13H18O2S. The minimum Gasteiger partial charge on any atom is -0.497 e. The molecule has 0 aromatic heterocycles. The molecule has 0 radical (unpaired) electrons. The first-order valence-corrected chi connectivity index (χ1v) is 5.85. The summed E-state index contributed by atoms with van der Waals surface area (Å²) in [5.41, 5.74) is 2.19. The average Bonchev–Trinajstić information content (AvgIpc) is 2.29. The van der Waals surface area contributed by atoms with E-state index in [-0.39, 0.29) is 0 Å². The van der Waals surface area contributed by atoms with Crippen LogP contribution in [0.25, 0.3) is 6.08 Å². The van der Waals surface area contributed by atoms with Gasteiger partial charge < -0.3 is 9.84 Å². The molecule has 0 aliphatic heterocycles. The van der Waals surface area contributed by atoms with Gasteiger partial charge in [-0.2, -0.15) is 0 Å². The fourth-order valence-electron chi connectivity index (χ4n) is 1.70. The van der Waals surface area contributed by atoms with Gasteiger partial charge in [-0.15, -0.1) is 12.6 Å². The summed E-state index contributed by atoms with van der Waals surface area (Å²) in [6.45, 7) is 4.04. The minimum absolute atomic E-state index is 0.758. The van der Waals surface area contributed by atoms with Crippen LogP contribution in [0.4, 0.5) is 0 Å². The molecule has 1 unspecified atom stereocenters. The molecule has 1 aromatic carbocycles. The Kier molecular flexibility index (Phi) is 4.90. The lowest BCUT2D eigenvalue weighted by molar-refractivity contribution is 0.271. The molecule has 1 atom stereocenters. The number of benzene rings is 1. The molecule has 1 aromatic rings. The van der Waals surface area contributed by atoms with Crippen molar-refractivity contribution in [1.82, 2.24) is 0 Å². The standard InChI is InChI=1S/C13H18O2S/c1-4-6-11-9(5-2)7-10(15-3)8-12(11)13(14)16/h4,6-8,13-14,16H,5H2,1-3H3/b6-4+. The molecule has 2 nitrogen and oxygen atoms in total. The number of hydrogen-bond acceptors (Lipinski definition) is 3. The van der Waals surface area contributed by atoms with Crippen molar-refractivity contribution < 1.29 is 9.84 Å². The highest BCUT2D eigenvalue weighted by Crippen LogP contribution is 2.30. The maximum absolute atomic E-state index is 9.65. The van der Waals surface area contributed by atoms with Crippen LogP contribution in [0, 0.1) is 0 Å². The Morgan fingerprint density at radius 2 is 2.19 bits per heavy atom. The highest BCUT2D eigenvalue weighted by molar-refractivity contribution is 7.80. The second-order valence-electron chi connectivity index (χ2n) is 3.52. The smallest absolute Gasteiger partial charge is 0.123 e. The molecule has 0 heterocycles. The van der Waals surface area contributed by atoms with Gasteiger partial charge in [-0.1, -0.05) is 19.1 Å². The molecule has 0 saturated carbocycles. The summed E-state index contributed by atoms with van der Waals surface area (Å²) >= 11 is 4.09. The summed E-state index contributed by atoms with van der Waals surface area (Å²) in [7, 11) is 1.62. The van der Waals surface area contributed by atoms with E-state index in [1.165, 1.54) is 0 Å². The number of hydrogen-bond donors (Lipinski definition) is 2. The van der Waals surface area contributed by atoms with Crippen LogP contribution in [0.1, 0.15) is 36.0 Å². The van der Waals surface area contributed by atoms with E-state index < -0.39 is 5.44 Å². The first-order chi connectivity index (χ1) is 7.63. The molecule has 0 saturated heterocycles. The monoisotopic (exact) mass is 238 g/mol. The van der Waals surface area contributed by atoms with Crippen molar-refractivity contribution in [3.63, 3.8) is 0 Å². The third kappa shape index (κ3) is 2.80. The van der Waals surface area contributed by atoms with Crippen LogP contribution in [0.2, 0.25) is 0 Å². The summed E-state index contributed by atoms with van der Waals surface area (Å²) in [5, 5.41) is 9.65. The fourth-order valence-corrected chi connectivity index (χ4v) is 1.92. The van der Waals surface area contributed by atoms with Crippen molar-refractivity contribution in [2.75, 3.05) is 7.11 Å². The van der Waals surface area contributed by atoms with E-state index in [4.69, 9.17) is 4.74 Å². The Balaban J connectivity index is 3.40. The first kappa shape index (κ1) is 13.1. The topological polar surface area (TPSA) is 29.5 Å². The highest BCUT2D eigenvalue weighted by atomic mass is 32.1. The zero-order valence-corrected chi connectivity index (χ0v) is 10.8. The molecule has 1 N–H and O–H groups in total. The largest absolute Gasteiger partial charge is 0.497 e. The van der Waals surface area contributed by atoms with Crippen LogP contribution in [0.5, 0.6) is 5.75 Å². The van der Waals surface area contributed by atoms with Crippen LogP contribution < -0.4 is 4.74 Å². The van der Waals surface area contributed by atoms with Crippen LogP contribution in [-0.4, -0.2) is 12.2 Å². The maximum atomic E-state index is 9.65. The number of rotatable bonds is 4. The molecule has 0 amide bonds. The van der Waals surface area contributed by atoms with E-state index in [1.54, 1.807) is 7.11 Å². The highest BCUT2D eigenvalue weighted by Gasteiger charge is 2.12. The third-order valence-corrected chi connectivity index (χ3v) is 2.78. The number of ether oxygens (including phenoxy) is 1. The lowest BCUT2D eigenvalue weighted by atomic mass is 9.98. The summed E-state index contributed by atoms with van der Waals surface area (Å²) in [5.74, 6) is 0.758. The van der Waals surface area contributed by atoms with Gasteiger partial charge >= 0.3 is 0 Å². The molecular weight excluding hydrogens is 220 g/mol. The number of methoxy groups -OCH3 is 1. The normalized spacial score (nSPS) is 13.1. The number of aryl methyl sites for hydroxylation is 1. The molecule has 0 bridgehead atoms. The van der Waals surface area contributed by atoms with E-state index in [0.29, 0.717) is 0 Å². The molecule has 3 heteroatoms. The average molecular weight is 238 g/mol. The van der Waals surface area contributed by atoms with Gasteiger partial charge in [-0.05, 0) is 36.6 Å². The predicted octanol–water partition coefficient (Wildman–Crippen LogP) is 3.21. The Hall–Kier alpha value is -0.930. The SMILES string of the molecule is C/C=C/c1c(CC)cc(OC)cc1C(O)S. The van der Waals surface area contributed by atoms with Crippen LogP contribution in [0.3, 0.4) is 0 Å². The summed E-state index contributed by atoms with van der Waals surface area (Å²) in [6.07, 6.45) is 4.85. The van der Waals surface area contributed by atoms with Gasteiger partial charge in [-0.25, -0.2) is 0 Å². The van der Waals surface area contributed by atoms with Gasteiger partial charge in [0.15, 0.2) is 0 Å². The molecule has 0 spiro atoms. The Labute approximate surface area is 102 Å². The maximum Gasteiger partial charge on any atom is 0.123 e. The first-order valence-electron chi connectivity index (χ1n) is 5.33. The summed E-state index contributed by atoms with van der Waals surface area (Å²) < 4.78 is 5.21. The van der Waals surface area contributed by atoms with Gasteiger partial charge in [0.2, 0.25) is 0 Å². The fraction of sp³-hybridized carbons (Fsp3) is 0.385. The van der Waals surface area contributed by atoms with Gasteiger partial charge in [0.05, 0.1) is 7.11 Å². The number of aliphatic hydroxyl groups excluding tert-OH is 1. The number of aliphatic hydroxyl groups is 1. The second kappa shape index (κ2) is 5.97. The van der Waals surface area contributed by atoms with Crippen molar-refractivity contribution in [3.8, 4) is 5.75 Å². The van der Waals surface area contributed by atoms with Gasteiger partial charge in [0.1, 0.15) is 11.2 Å². The summed E-state index contributed by atoms with van der Waals surface area (Å²) in [4.78, 5) is 0. The van der Waals surface area contributed by atoms with Crippen molar-refractivity contribution >= 4 is 18.7 Å². The van der Waals surface area contributed by atoms with Gasteiger partial charge in [0, 0.05) is 5.56 Å². The van der Waals surface area contributed by atoms with Gasteiger partial charge in [0.25, 0.3) is 0 Å². The van der Waals surface area contributed by atoms with E-state index in [1.807, 2.05) is 31.2 Å². The lowest BCUT2D eigenvalue weighted by Gasteiger charge is -2.15. The molecule has 0 fully saturated rings. The Morgan fingerprint density at radius 1 is 1.50 bits per heavy atom. The zero-order valence-electron chi connectivity index (χ0n) is 9.90. The molecule has 0 aliphatic rings. The van der Waals surface area contributed by atoms with Crippen molar-refractivity contribution in [2.45, 2.75) is 25.7 Å². The lowest BCUT2D eigenvalue weighted by Crippen LogP contribution is -1.99. The van der Waals surface area contributed by atoms with Crippen molar-refractivity contribution in [3.05, 3.63) is 34.9 Å². The second-order valence-corrected chi connectivity index (χ2v) is 4.01. The van der Waals surface area contributed by atoms with Crippen molar-refractivity contribution in [1.29, 1.82) is 0 Å². The molecule has 88 valence electrons. The Morgan fingerprint density at radius 3 is 2.62 bits per heavy atom. The quantitative estimate of drug-likeness (QED) is 0.623. The van der Waals surface area contributed by atoms with Crippen LogP contribution in [0.15, 0.2) is 18.2 Å². The van der Waals surface area contributed by atoms with Gasteiger partial charge in [-0.3, -0.25) is 0 Å². The van der Waals surface area contributed by atoms with Crippen LogP contribution in [-0.2, 0) is 6.42 Å². The minimum atomic E-state index is -0.786. The number of thiol groups is 1. The van der Waals surface area contributed by atoms with E-state index in [9.17, 15) is 5.11 Å². The Bertz CT molecular complexity index is 384. The van der Waals surface area contributed by atoms with E-state index in [0.717, 1.165) is 28.9 Å².